The van der Waals surface area contributed by atoms with E-state index in [9.17, 15) is 14.7 Å². The van der Waals surface area contributed by atoms with Gasteiger partial charge < -0.3 is 19.1 Å². The summed E-state index contributed by atoms with van der Waals surface area (Å²) >= 11 is 0. The van der Waals surface area contributed by atoms with Gasteiger partial charge in [0, 0.05) is 22.1 Å². The molecule has 37 heavy (non-hydrogen) atoms. The van der Waals surface area contributed by atoms with Crippen LogP contribution in [0.2, 0.25) is 0 Å². The lowest BCUT2D eigenvalue weighted by atomic mass is 9.63. The number of carbonyl (C=O) groups is 2. The Balaban J connectivity index is 1.33. The van der Waals surface area contributed by atoms with Crippen molar-refractivity contribution in [3.63, 3.8) is 0 Å². The number of aryl methyl sites for hydroxylation is 1. The third-order valence-corrected chi connectivity index (χ3v) is 7.90. The highest BCUT2D eigenvalue weighted by atomic mass is 19.1. The molecule has 1 aromatic heterocycles. The molecule has 0 spiro atoms. The molecule has 3 fully saturated rings. The van der Waals surface area contributed by atoms with Crippen LogP contribution in [0.5, 0.6) is 0 Å². The molecular weight excluding hydrogens is 477 g/mol. The molecule has 7 nitrogen and oxygen atoms in total. The van der Waals surface area contributed by atoms with Crippen LogP contribution in [0, 0.1) is 18.2 Å². The van der Waals surface area contributed by atoms with Crippen LogP contribution in [0.4, 0.5) is 4.39 Å². The first-order chi connectivity index (χ1) is 17.7. The number of carboxylic acids is 1. The molecule has 8 heteroatoms. The number of hydrogen-bond acceptors (Lipinski definition) is 6. The summed E-state index contributed by atoms with van der Waals surface area (Å²) < 4.78 is 32.8. The normalized spacial score (nSPS) is 23.5. The average molecular weight is 508 g/mol. The van der Waals surface area contributed by atoms with Gasteiger partial charge in [-0.05, 0) is 51.2 Å². The zero-order chi connectivity index (χ0) is 26.2. The smallest absolute Gasteiger partial charge is 0.311 e. The van der Waals surface area contributed by atoms with E-state index in [1.165, 1.54) is 6.07 Å². The van der Waals surface area contributed by atoms with Gasteiger partial charge in [-0.15, -0.1) is 0 Å². The maximum Gasteiger partial charge on any atom is 0.311 e. The fraction of sp³-hybridized carbons (Fsp3) is 0.414. The molecule has 6 rings (SSSR count). The maximum atomic E-state index is 15.5. The van der Waals surface area contributed by atoms with Gasteiger partial charge in [-0.25, -0.2) is 4.39 Å². The zero-order valence-corrected chi connectivity index (χ0v) is 21.0. The van der Waals surface area contributed by atoms with Crippen molar-refractivity contribution in [1.82, 2.24) is 5.16 Å². The summed E-state index contributed by atoms with van der Waals surface area (Å²) in [5.41, 5.74) is 1.82. The van der Waals surface area contributed by atoms with E-state index in [4.69, 9.17) is 14.0 Å². The predicted octanol–water partition coefficient (Wildman–Crippen LogP) is 5.90. The minimum atomic E-state index is -0.829. The maximum absolute atomic E-state index is 15.5. The van der Waals surface area contributed by atoms with Gasteiger partial charge in [-0.3, -0.25) is 9.59 Å². The average Bonchev–Trinajstić information content (AvgIpc) is 3.24. The van der Waals surface area contributed by atoms with Crippen LogP contribution in [-0.4, -0.2) is 28.8 Å². The highest BCUT2D eigenvalue weighted by Crippen LogP contribution is 2.55. The topological polar surface area (TPSA) is 98.9 Å². The van der Waals surface area contributed by atoms with Crippen LogP contribution in [0.3, 0.4) is 0 Å². The first-order valence-electron chi connectivity index (χ1n) is 12.6. The molecule has 1 aliphatic carbocycles. The lowest BCUT2D eigenvalue weighted by molar-refractivity contribution is -0.196. The fourth-order valence-corrected chi connectivity index (χ4v) is 5.68. The quantitative estimate of drug-likeness (QED) is 0.379. The zero-order valence-electron chi connectivity index (χ0n) is 21.0. The standard InChI is InChI=1S/C29H30FNO6/c1-18-22(15-26(34)36-19(2)20-6-4-3-5-7-20)27(37-31-18)21-8-9-23(24(30)14-21)29-12-10-28(11-13-29,17-35-29)16-25(32)33/h3-9,14,19H,10-13,15-17H2,1-2H3,(H,32,33)/t19-,28?,29?/m1/s1. The first-order valence-corrected chi connectivity index (χ1v) is 12.6. The molecule has 0 amide bonds. The molecule has 2 aliphatic heterocycles. The second-order valence-electron chi connectivity index (χ2n) is 10.3. The van der Waals surface area contributed by atoms with Gasteiger partial charge >= 0.3 is 11.9 Å². The van der Waals surface area contributed by atoms with Gasteiger partial charge in [0.25, 0.3) is 0 Å². The van der Waals surface area contributed by atoms with Gasteiger partial charge in [-0.1, -0.05) is 47.6 Å². The van der Waals surface area contributed by atoms with Crippen molar-refractivity contribution < 1.29 is 33.1 Å². The second-order valence-corrected chi connectivity index (χ2v) is 10.3. The molecular formula is C29H30FNO6. The molecule has 2 bridgehead atoms. The molecule has 0 radical (unpaired) electrons. The largest absolute Gasteiger partial charge is 0.481 e. The fourth-order valence-electron chi connectivity index (χ4n) is 5.68. The highest BCUT2D eigenvalue weighted by molar-refractivity contribution is 5.77. The molecule has 2 aromatic carbocycles. The number of halogens is 1. The van der Waals surface area contributed by atoms with Crippen LogP contribution in [0.15, 0.2) is 53.1 Å². The van der Waals surface area contributed by atoms with E-state index in [2.05, 4.69) is 5.16 Å². The molecule has 1 atom stereocenters. The summed E-state index contributed by atoms with van der Waals surface area (Å²) in [6.45, 7) is 3.86. The number of carboxylic acid groups (broad SMARTS) is 1. The van der Waals surface area contributed by atoms with Crippen LogP contribution in [-0.2, 0) is 31.1 Å². The number of nitrogens with zero attached hydrogens (tertiary/aromatic N) is 1. The minimum absolute atomic E-state index is 0.0517. The highest BCUT2D eigenvalue weighted by Gasteiger charge is 2.52. The summed E-state index contributed by atoms with van der Waals surface area (Å²) in [6.07, 6.45) is 2.15. The predicted molar refractivity (Wildman–Crippen MR) is 132 cm³/mol. The molecule has 1 saturated carbocycles. The third kappa shape index (κ3) is 4.90. The van der Waals surface area contributed by atoms with E-state index in [1.807, 2.05) is 37.3 Å². The minimum Gasteiger partial charge on any atom is -0.481 e. The summed E-state index contributed by atoms with van der Waals surface area (Å²) in [5, 5.41) is 13.3. The SMILES string of the molecule is Cc1noc(-c2ccc(C34CCC(CC(=O)O)(CC3)CO4)c(F)c2)c1CC(=O)O[C@H](C)c1ccccc1. The molecule has 3 aromatic rings. The van der Waals surface area contributed by atoms with Crippen molar-refractivity contribution in [2.75, 3.05) is 6.61 Å². The number of carbonyl (C=O) groups excluding carboxylic acids is 1. The first kappa shape index (κ1) is 25.1. The number of benzene rings is 2. The molecule has 0 unspecified atom stereocenters. The van der Waals surface area contributed by atoms with Gasteiger partial charge in [0.15, 0.2) is 5.76 Å². The van der Waals surface area contributed by atoms with E-state index in [0.717, 1.165) is 5.56 Å². The molecule has 194 valence electrons. The summed E-state index contributed by atoms with van der Waals surface area (Å²) in [7, 11) is 0. The number of rotatable bonds is 8. The van der Waals surface area contributed by atoms with E-state index < -0.39 is 29.5 Å². The second kappa shape index (κ2) is 9.74. The van der Waals surface area contributed by atoms with E-state index in [1.54, 1.807) is 19.1 Å². The van der Waals surface area contributed by atoms with Crippen LogP contribution < -0.4 is 0 Å². The molecule has 3 aliphatic rings. The molecule has 3 heterocycles. The Hall–Kier alpha value is -3.52. The van der Waals surface area contributed by atoms with Crippen molar-refractivity contribution in [2.24, 2.45) is 5.41 Å². The van der Waals surface area contributed by atoms with E-state index in [-0.39, 0.29) is 18.3 Å². The third-order valence-electron chi connectivity index (χ3n) is 7.90. The number of fused-ring (bicyclic) bond motifs is 3. The van der Waals surface area contributed by atoms with E-state index >= 15 is 4.39 Å². The van der Waals surface area contributed by atoms with Gasteiger partial charge in [0.2, 0.25) is 0 Å². The van der Waals surface area contributed by atoms with Crippen LogP contribution in [0.25, 0.3) is 11.3 Å². The van der Waals surface area contributed by atoms with Gasteiger partial charge in [0.1, 0.15) is 11.9 Å². The lowest BCUT2D eigenvalue weighted by Gasteiger charge is -2.53. The summed E-state index contributed by atoms with van der Waals surface area (Å²) in [4.78, 5) is 24.0. The number of aliphatic carboxylic acids is 1. The Labute approximate surface area is 214 Å². The number of hydrogen-bond donors (Lipinski definition) is 1. The number of esters is 1. The Morgan fingerprint density at radius 1 is 1.14 bits per heavy atom. The Morgan fingerprint density at radius 2 is 1.86 bits per heavy atom. The van der Waals surface area contributed by atoms with Crippen molar-refractivity contribution in [3.05, 3.63) is 76.7 Å². The van der Waals surface area contributed by atoms with Crippen molar-refractivity contribution in [3.8, 4) is 11.3 Å². The van der Waals surface area contributed by atoms with Crippen molar-refractivity contribution in [2.45, 2.75) is 64.1 Å². The number of aromatic nitrogens is 1. The van der Waals surface area contributed by atoms with Crippen molar-refractivity contribution in [1.29, 1.82) is 0 Å². The van der Waals surface area contributed by atoms with Gasteiger partial charge in [-0.2, -0.15) is 0 Å². The Bertz CT molecular complexity index is 1290. The summed E-state index contributed by atoms with van der Waals surface area (Å²) in [6, 6.07) is 14.3. The number of ether oxygens (including phenoxy) is 2. The van der Waals surface area contributed by atoms with Crippen LogP contribution in [0.1, 0.15) is 67.5 Å². The summed E-state index contributed by atoms with van der Waals surface area (Å²) in [5.74, 6) is -1.35. The Morgan fingerprint density at radius 3 is 2.49 bits per heavy atom. The van der Waals surface area contributed by atoms with Crippen LogP contribution >= 0.6 is 0 Å². The molecule has 1 N–H and O–H groups in total. The van der Waals surface area contributed by atoms with E-state index in [0.29, 0.717) is 60.4 Å². The Kier molecular flexibility index (Phi) is 6.62. The van der Waals surface area contributed by atoms with Gasteiger partial charge in [0.05, 0.1) is 30.7 Å². The monoisotopic (exact) mass is 507 g/mol. The molecule has 2 saturated heterocycles. The lowest BCUT2D eigenvalue weighted by Crippen LogP contribution is -2.50. The van der Waals surface area contributed by atoms with Crippen molar-refractivity contribution >= 4 is 11.9 Å².